The summed E-state index contributed by atoms with van der Waals surface area (Å²) in [5.41, 5.74) is 1.05. The van der Waals surface area contributed by atoms with Crippen LogP contribution in [0.15, 0.2) is 29.1 Å². The Balaban J connectivity index is 1.89. The van der Waals surface area contributed by atoms with E-state index in [1.54, 1.807) is 0 Å². The predicted molar refractivity (Wildman–Crippen MR) is 111 cm³/mol. The Labute approximate surface area is 169 Å². The van der Waals surface area contributed by atoms with Gasteiger partial charge in [-0.1, -0.05) is 0 Å². The number of aromatic amines is 1. The molecule has 29 heavy (non-hydrogen) atoms. The van der Waals surface area contributed by atoms with Crippen molar-refractivity contribution in [3.05, 3.63) is 46.0 Å². The molecule has 1 aliphatic rings. The summed E-state index contributed by atoms with van der Waals surface area (Å²) in [6.07, 6.45) is 2.21. The number of pyridine rings is 1. The molecule has 0 saturated carbocycles. The van der Waals surface area contributed by atoms with Gasteiger partial charge in [0.15, 0.2) is 5.82 Å². The zero-order valence-electron chi connectivity index (χ0n) is 17.5. The molecule has 1 aliphatic heterocycles. The summed E-state index contributed by atoms with van der Waals surface area (Å²) < 4.78 is 7.47. The maximum absolute atomic E-state index is 13.1. The fraction of sp³-hybridized carbons (Fsp3) is 0.524. The van der Waals surface area contributed by atoms with Crippen molar-refractivity contribution in [2.24, 2.45) is 0 Å². The summed E-state index contributed by atoms with van der Waals surface area (Å²) in [6, 6.07) is 7.39. The molecule has 8 nitrogen and oxygen atoms in total. The van der Waals surface area contributed by atoms with E-state index >= 15 is 0 Å². The second kappa shape index (κ2) is 7.59. The van der Waals surface area contributed by atoms with Crippen molar-refractivity contribution in [1.82, 2.24) is 30.1 Å². The number of tetrazole rings is 1. The molecular weight excluding hydrogens is 368 g/mol. The predicted octanol–water partition coefficient (Wildman–Crippen LogP) is 2.85. The number of rotatable bonds is 5. The topological polar surface area (TPSA) is 88.9 Å². The van der Waals surface area contributed by atoms with Crippen LogP contribution in [0.5, 0.6) is 5.75 Å². The van der Waals surface area contributed by atoms with Gasteiger partial charge in [0.1, 0.15) is 11.8 Å². The molecular formula is C21H28N6O2. The van der Waals surface area contributed by atoms with Gasteiger partial charge in [0.25, 0.3) is 5.56 Å². The van der Waals surface area contributed by atoms with Crippen LogP contribution in [0.4, 0.5) is 0 Å². The lowest BCUT2D eigenvalue weighted by atomic mass is 10.0. The molecule has 0 spiro atoms. The van der Waals surface area contributed by atoms with Crippen LogP contribution in [-0.2, 0) is 5.54 Å². The molecule has 0 unspecified atom stereocenters. The Kier molecular flexibility index (Phi) is 5.12. The Bertz CT molecular complexity index is 1060. The maximum atomic E-state index is 13.1. The second-order valence-corrected chi connectivity index (χ2v) is 8.50. The second-order valence-electron chi connectivity index (χ2n) is 8.50. The molecule has 154 valence electrons. The first-order chi connectivity index (χ1) is 13.9. The number of hydrogen-bond acceptors (Lipinski definition) is 6. The molecule has 1 aromatic carbocycles. The third-order valence-electron chi connectivity index (χ3n) is 5.33. The molecule has 0 radical (unpaired) electrons. The minimum absolute atomic E-state index is 0.109. The van der Waals surface area contributed by atoms with Crippen LogP contribution in [0.1, 0.15) is 58.0 Å². The Morgan fingerprint density at radius 2 is 1.97 bits per heavy atom. The van der Waals surface area contributed by atoms with Crippen LogP contribution in [-0.4, -0.2) is 49.8 Å². The van der Waals surface area contributed by atoms with E-state index < -0.39 is 0 Å². The van der Waals surface area contributed by atoms with Crippen molar-refractivity contribution >= 4 is 10.9 Å². The van der Waals surface area contributed by atoms with E-state index in [-0.39, 0.29) is 17.1 Å². The number of ether oxygens (including phenoxy) is 1. The minimum Gasteiger partial charge on any atom is -0.494 e. The monoisotopic (exact) mass is 396 g/mol. The lowest BCUT2D eigenvalue weighted by molar-refractivity contribution is 0.241. The number of nitrogens with one attached hydrogen (secondary N) is 1. The van der Waals surface area contributed by atoms with Crippen LogP contribution in [0, 0.1) is 0 Å². The SMILES string of the molecule is CCOc1ccc2[nH]c(=O)c([C@@H](c3nnnn3C(C)(C)C)N3CCCC3)cc2c1. The fourth-order valence-corrected chi connectivity index (χ4v) is 4.00. The zero-order valence-corrected chi connectivity index (χ0v) is 17.5. The van der Waals surface area contributed by atoms with Gasteiger partial charge in [-0.25, -0.2) is 4.68 Å². The highest BCUT2D eigenvalue weighted by Crippen LogP contribution is 2.32. The molecule has 2 aromatic heterocycles. The van der Waals surface area contributed by atoms with Gasteiger partial charge in [-0.3, -0.25) is 9.69 Å². The molecule has 0 bridgehead atoms. The number of H-pyrrole nitrogens is 1. The fourth-order valence-electron chi connectivity index (χ4n) is 4.00. The van der Waals surface area contributed by atoms with Gasteiger partial charge in [0.05, 0.1) is 12.1 Å². The number of nitrogens with zero attached hydrogens (tertiary/aromatic N) is 5. The smallest absolute Gasteiger partial charge is 0.253 e. The van der Waals surface area contributed by atoms with Gasteiger partial charge in [-0.05, 0) is 88.3 Å². The van der Waals surface area contributed by atoms with E-state index in [1.807, 2.05) is 35.9 Å². The highest BCUT2D eigenvalue weighted by atomic mass is 16.5. The molecule has 3 aromatic rings. The third-order valence-corrected chi connectivity index (χ3v) is 5.33. The molecule has 0 amide bonds. The first-order valence-electron chi connectivity index (χ1n) is 10.2. The number of fused-ring (bicyclic) bond motifs is 1. The van der Waals surface area contributed by atoms with Gasteiger partial charge in [-0.2, -0.15) is 0 Å². The van der Waals surface area contributed by atoms with Crippen LogP contribution in [0.3, 0.4) is 0 Å². The normalized spacial score (nSPS) is 16.4. The summed E-state index contributed by atoms with van der Waals surface area (Å²) in [5.74, 6) is 1.49. The summed E-state index contributed by atoms with van der Waals surface area (Å²) in [5, 5.41) is 13.5. The van der Waals surface area contributed by atoms with Gasteiger partial charge >= 0.3 is 0 Å². The van der Waals surface area contributed by atoms with Crippen LogP contribution >= 0.6 is 0 Å². The zero-order chi connectivity index (χ0) is 20.6. The number of hydrogen-bond donors (Lipinski definition) is 1. The lowest BCUT2D eigenvalue weighted by Crippen LogP contribution is -2.36. The number of aromatic nitrogens is 5. The van der Waals surface area contributed by atoms with Gasteiger partial charge in [-0.15, -0.1) is 5.10 Å². The van der Waals surface area contributed by atoms with E-state index in [1.165, 1.54) is 0 Å². The van der Waals surface area contributed by atoms with Crippen molar-refractivity contribution < 1.29 is 4.74 Å². The van der Waals surface area contributed by atoms with Crippen LogP contribution in [0.25, 0.3) is 10.9 Å². The average molecular weight is 396 g/mol. The van der Waals surface area contributed by atoms with Crippen molar-refractivity contribution in [2.75, 3.05) is 19.7 Å². The van der Waals surface area contributed by atoms with E-state index in [0.29, 0.717) is 18.0 Å². The maximum Gasteiger partial charge on any atom is 0.253 e. The largest absolute Gasteiger partial charge is 0.494 e. The molecule has 3 heterocycles. The van der Waals surface area contributed by atoms with Gasteiger partial charge in [0.2, 0.25) is 0 Å². The van der Waals surface area contributed by atoms with E-state index in [4.69, 9.17) is 4.74 Å². The van der Waals surface area contributed by atoms with Gasteiger partial charge < -0.3 is 9.72 Å². The van der Waals surface area contributed by atoms with E-state index in [2.05, 4.69) is 46.2 Å². The molecule has 1 saturated heterocycles. The Morgan fingerprint density at radius 1 is 1.21 bits per heavy atom. The first-order valence-corrected chi connectivity index (χ1v) is 10.2. The van der Waals surface area contributed by atoms with Crippen molar-refractivity contribution in [3.63, 3.8) is 0 Å². The summed E-state index contributed by atoms with van der Waals surface area (Å²) in [4.78, 5) is 18.4. The van der Waals surface area contributed by atoms with E-state index in [9.17, 15) is 4.79 Å². The summed E-state index contributed by atoms with van der Waals surface area (Å²) >= 11 is 0. The Morgan fingerprint density at radius 3 is 2.66 bits per heavy atom. The number of likely N-dealkylation sites (tertiary alicyclic amines) is 1. The Hall–Kier alpha value is -2.74. The standard InChI is InChI=1S/C21H28N6O2/c1-5-29-15-8-9-17-14(12-15)13-16(20(28)22-17)18(26-10-6-7-11-26)19-23-24-25-27(19)21(2,3)4/h8-9,12-13,18H,5-7,10-11H2,1-4H3,(H,22,28)/t18-/m0/s1. The third kappa shape index (κ3) is 3.76. The number of benzene rings is 1. The molecule has 4 rings (SSSR count). The quantitative estimate of drug-likeness (QED) is 0.713. The highest BCUT2D eigenvalue weighted by molar-refractivity contribution is 5.80. The van der Waals surface area contributed by atoms with Crippen molar-refractivity contribution in [2.45, 2.75) is 52.1 Å². The average Bonchev–Trinajstić information content (AvgIpc) is 3.35. The molecule has 1 N–H and O–H groups in total. The summed E-state index contributed by atoms with van der Waals surface area (Å²) in [7, 11) is 0. The van der Waals surface area contributed by atoms with Crippen LogP contribution in [0.2, 0.25) is 0 Å². The van der Waals surface area contributed by atoms with Crippen LogP contribution < -0.4 is 10.3 Å². The highest BCUT2D eigenvalue weighted by Gasteiger charge is 2.34. The lowest BCUT2D eigenvalue weighted by Gasteiger charge is -2.29. The van der Waals surface area contributed by atoms with Crippen molar-refractivity contribution in [1.29, 1.82) is 0 Å². The summed E-state index contributed by atoms with van der Waals surface area (Å²) in [6.45, 7) is 10.6. The van der Waals surface area contributed by atoms with Gasteiger partial charge in [0, 0.05) is 16.5 Å². The molecule has 8 heteroatoms. The van der Waals surface area contributed by atoms with Crippen molar-refractivity contribution in [3.8, 4) is 5.75 Å². The minimum atomic E-state index is -0.296. The molecule has 0 aliphatic carbocycles. The molecule has 1 atom stereocenters. The first kappa shape index (κ1) is 19.6. The molecule has 1 fully saturated rings. The van der Waals surface area contributed by atoms with E-state index in [0.717, 1.165) is 42.6 Å².